The second kappa shape index (κ2) is 10.0. The maximum atomic E-state index is 13.9. The van der Waals surface area contributed by atoms with Gasteiger partial charge in [0.25, 0.3) is 0 Å². The molecule has 1 aromatic heterocycles. The fraction of sp³-hybridized carbons (Fsp3) is 0.480. The van der Waals surface area contributed by atoms with Crippen LogP contribution in [-0.2, 0) is 17.8 Å². The number of anilines is 1. The van der Waals surface area contributed by atoms with Crippen LogP contribution in [0.5, 0.6) is 0 Å². The first kappa shape index (κ1) is 21.5. The monoisotopic (exact) mass is 422 g/mol. The van der Waals surface area contributed by atoms with Crippen LogP contribution >= 0.6 is 0 Å². The minimum Gasteiger partial charge on any atom is -0.366 e. The Kier molecular flexibility index (Phi) is 6.95. The molecule has 5 nitrogen and oxygen atoms in total. The van der Waals surface area contributed by atoms with Gasteiger partial charge in [-0.05, 0) is 56.9 Å². The van der Waals surface area contributed by atoms with Crippen molar-refractivity contribution in [2.75, 3.05) is 18.4 Å². The number of carbonyl (C=O) groups is 1. The molecule has 1 fully saturated rings. The highest BCUT2D eigenvalue weighted by Crippen LogP contribution is 2.25. The Labute approximate surface area is 183 Å². The number of aryl methyl sites for hydroxylation is 1. The number of carbonyl (C=O) groups excluding carboxylic acids is 1. The first-order valence-corrected chi connectivity index (χ1v) is 11.3. The van der Waals surface area contributed by atoms with Crippen molar-refractivity contribution in [3.8, 4) is 0 Å². The second-order valence-electron chi connectivity index (χ2n) is 8.73. The van der Waals surface area contributed by atoms with Gasteiger partial charge in [-0.2, -0.15) is 0 Å². The van der Waals surface area contributed by atoms with E-state index >= 15 is 0 Å². The molecule has 0 radical (unpaired) electrons. The molecule has 4 rings (SSSR count). The van der Waals surface area contributed by atoms with Crippen LogP contribution in [0.3, 0.4) is 0 Å². The number of likely N-dealkylation sites (tertiary alicyclic amines) is 1. The molecule has 1 aliphatic heterocycles. The topological polar surface area (TPSA) is 58.1 Å². The molecule has 1 N–H and O–H groups in total. The summed E-state index contributed by atoms with van der Waals surface area (Å²) in [5.74, 6) is 2.47. The van der Waals surface area contributed by atoms with Gasteiger partial charge in [0.1, 0.15) is 17.5 Å². The molecule has 0 unspecified atom stereocenters. The van der Waals surface area contributed by atoms with Crippen LogP contribution in [0.4, 0.5) is 10.2 Å². The summed E-state index contributed by atoms with van der Waals surface area (Å²) in [6.07, 6.45) is 10.2. The third kappa shape index (κ3) is 5.90. The van der Waals surface area contributed by atoms with Gasteiger partial charge in [-0.3, -0.25) is 4.79 Å². The molecule has 31 heavy (non-hydrogen) atoms. The summed E-state index contributed by atoms with van der Waals surface area (Å²) in [6.45, 7) is 3.94. The molecule has 1 aromatic carbocycles. The van der Waals surface area contributed by atoms with Crippen LogP contribution in [0.2, 0.25) is 0 Å². The van der Waals surface area contributed by atoms with Crippen molar-refractivity contribution in [1.29, 1.82) is 0 Å². The smallest absolute Gasteiger partial charge is 0.223 e. The number of allylic oxidation sites excluding steroid dienone is 2. The molecule has 0 spiro atoms. The Morgan fingerprint density at radius 2 is 2.00 bits per heavy atom. The van der Waals surface area contributed by atoms with Crippen molar-refractivity contribution in [3.05, 3.63) is 65.4 Å². The van der Waals surface area contributed by atoms with Gasteiger partial charge in [-0.1, -0.05) is 30.4 Å². The SMILES string of the molecule is Cc1nc(CC2CCN(C(=O)C[C@H]3C=CCC3)CC2)cc(NCc2ccccc2F)n1. The molecular formula is C25H31FN4O. The van der Waals surface area contributed by atoms with Crippen molar-refractivity contribution >= 4 is 11.7 Å². The molecular weight excluding hydrogens is 391 g/mol. The van der Waals surface area contributed by atoms with Gasteiger partial charge in [-0.15, -0.1) is 0 Å². The predicted molar refractivity (Wildman–Crippen MR) is 120 cm³/mol. The zero-order valence-corrected chi connectivity index (χ0v) is 18.2. The van der Waals surface area contributed by atoms with Crippen molar-refractivity contribution in [2.45, 2.75) is 52.0 Å². The number of halogens is 1. The van der Waals surface area contributed by atoms with E-state index in [-0.39, 0.29) is 5.82 Å². The van der Waals surface area contributed by atoms with E-state index in [4.69, 9.17) is 0 Å². The first-order valence-electron chi connectivity index (χ1n) is 11.3. The molecule has 2 aromatic rings. The minimum atomic E-state index is -0.216. The van der Waals surface area contributed by atoms with Gasteiger partial charge in [0.05, 0.1) is 0 Å². The Morgan fingerprint density at radius 1 is 1.19 bits per heavy atom. The normalized spacial score (nSPS) is 19.0. The van der Waals surface area contributed by atoms with E-state index in [1.807, 2.05) is 24.0 Å². The van der Waals surface area contributed by atoms with Gasteiger partial charge < -0.3 is 10.2 Å². The predicted octanol–water partition coefficient (Wildman–Crippen LogP) is 4.67. The number of aromatic nitrogens is 2. The zero-order valence-electron chi connectivity index (χ0n) is 18.2. The summed E-state index contributed by atoms with van der Waals surface area (Å²) in [6, 6.07) is 8.73. The molecule has 0 bridgehead atoms. The van der Waals surface area contributed by atoms with Gasteiger partial charge in [0.15, 0.2) is 0 Å². The van der Waals surface area contributed by atoms with E-state index < -0.39 is 0 Å². The number of benzene rings is 1. The molecule has 2 heterocycles. The number of amides is 1. The lowest BCUT2D eigenvalue weighted by atomic mass is 9.91. The summed E-state index contributed by atoms with van der Waals surface area (Å²) < 4.78 is 13.9. The molecule has 0 saturated carbocycles. The van der Waals surface area contributed by atoms with Crippen LogP contribution in [0.25, 0.3) is 0 Å². The van der Waals surface area contributed by atoms with E-state index in [2.05, 4.69) is 27.4 Å². The zero-order chi connectivity index (χ0) is 21.6. The Bertz CT molecular complexity index is 937. The highest BCUT2D eigenvalue weighted by Gasteiger charge is 2.25. The number of rotatable bonds is 7. The fourth-order valence-electron chi connectivity index (χ4n) is 4.55. The lowest BCUT2D eigenvalue weighted by Gasteiger charge is -2.32. The number of piperidine rings is 1. The van der Waals surface area contributed by atoms with Crippen LogP contribution in [0.15, 0.2) is 42.5 Å². The number of nitrogens with one attached hydrogen (secondary N) is 1. The standard InChI is InChI=1S/C25H31FN4O/c1-18-28-22(16-24(29-18)27-17-21-8-4-5-9-23(21)26)14-20-10-12-30(13-11-20)25(31)15-19-6-2-3-7-19/h2,4-6,8-9,16,19-20H,3,7,10-15,17H2,1H3,(H,27,28,29)/t19-/m0/s1. The Balaban J connectivity index is 1.29. The first-order chi connectivity index (χ1) is 15.1. The molecule has 1 aliphatic carbocycles. The van der Waals surface area contributed by atoms with E-state index in [1.54, 1.807) is 12.1 Å². The summed E-state index contributed by atoms with van der Waals surface area (Å²) in [4.78, 5) is 23.7. The largest absolute Gasteiger partial charge is 0.366 e. The third-order valence-electron chi connectivity index (χ3n) is 6.32. The highest BCUT2D eigenvalue weighted by molar-refractivity contribution is 5.76. The van der Waals surface area contributed by atoms with E-state index in [9.17, 15) is 9.18 Å². The highest BCUT2D eigenvalue weighted by atomic mass is 19.1. The van der Waals surface area contributed by atoms with Crippen LogP contribution in [0.1, 0.15) is 49.2 Å². The maximum Gasteiger partial charge on any atom is 0.223 e. The summed E-state index contributed by atoms with van der Waals surface area (Å²) in [5.41, 5.74) is 1.62. The van der Waals surface area contributed by atoms with Crippen LogP contribution < -0.4 is 5.32 Å². The summed E-state index contributed by atoms with van der Waals surface area (Å²) in [5, 5.41) is 3.23. The molecule has 6 heteroatoms. The van der Waals surface area contributed by atoms with Gasteiger partial charge in [0, 0.05) is 43.4 Å². The second-order valence-corrected chi connectivity index (χ2v) is 8.73. The van der Waals surface area contributed by atoms with Crippen LogP contribution in [-0.4, -0.2) is 33.9 Å². The van der Waals surface area contributed by atoms with E-state index in [0.29, 0.717) is 42.1 Å². The summed E-state index contributed by atoms with van der Waals surface area (Å²) >= 11 is 0. The number of hydrogen-bond acceptors (Lipinski definition) is 4. The van der Waals surface area contributed by atoms with E-state index in [0.717, 1.165) is 56.7 Å². The maximum absolute atomic E-state index is 13.9. The average Bonchev–Trinajstić information content (AvgIpc) is 3.26. The third-order valence-corrected chi connectivity index (χ3v) is 6.32. The summed E-state index contributed by atoms with van der Waals surface area (Å²) in [7, 11) is 0. The van der Waals surface area contributed by atoms with Crippen molar-refractivity contribution in [2.24, 2.45) is 11.8 Å². The Hall–Kier alpha value is -2.76. The molecule has 164 valence electrons. The average molecular weight is 423 g/mol. The molecule has 1 amide bonds. The lowest BCUT2D eigenvalue weighted by molar-refractivity contribution is -0.133. The Morgan fingerprint density at radius 3 is 2.74 bits per heavy atom. The van der Waals surface area contributed by atoms with Gasteiger partial charge >= 0.3 is 0 Å². The molecule has 1 atom stereocenters. The van der Waals surface area contributed by atoms with Gasteiger partial charge in [-0.25, -0.2) is 14.4 Å². The van der Waals surface area contributed by atoms with Crippen molar-refractivity contribution in [3.63, 3.8) is 0 Å². The molecule has 2 aliphatic rings. The lowest BCUT2D eigenvalue weighted by Crippen LogP contribution is -2.39. The van der Waals surface area contributed by atoms with Crippen molar-refractivity contribution in [1.82, 2.24) is 14.9 Å². The minimum absolute atomic E-state index is 0.216. The van der Waals surface area contributed by atoms with Crippen LogP contribution in [0, 0.1) is 24.6 Å². The van der Waals surface area contributed by atoms with Gasteiger partial charge in [0.2, 0.25) is 5.91 Å². The fourth-order valence-corrected chi connectivity index (χ4v) is 4.55. The quantitative estimate of drug-likeness (QED) is 0.659. The van der Waals surface area contributed by atoms with Crippen molar-refractivity contribution < 1.29 is 9.18 Å². The number of nitrogens with zero attached hydrogens (tertiary/aromatic N) is 3. The number of hydrogen-bond donors (Lipinski definition) is 1. The molecule has 1 saturated heterocycles. The van der Waals surface area contributed by atoms with E-state index in [1.165, 1.54) is 6.07 Å².